The van der Waals surface area contributed by atoms with Gasteiger partial charge in [-0.3, -0.25) is 0 Å². The number of carboxylic acids is 1. The van der Waals surface area contributed by atoms with E-state index in [1.165, 1.54) is 70.6 Å². The molecule has 1 aromatic carbocycles. The van der Waals surface area contributed by atoms with Gasteiger partial charge in [0.15, 0.2) is 0 Å². The highest BCUT2D eigenvalue weighted by Gasteiger charge is 2.15. The summed E-state index contributed by atoms with van der Waals surface area (Å²) in [7, 11) is 0. The van der Waals surface area contributed by atoms with Crippen LogP contribution in [-0.4, -0.2) is 17.2 Å². The van der Waals surface area contributed by atoms with Crippen molar-refractivity contribution in [1.29, 1.82) is 0 Å². The highest BCUT2D eigenvalue weighted by atomic mass is 16.5. The highest BCUT2D eigenvalue weighted by Crippen LogP contribution is 2.23. The van der Waals surface area contributed by atoms with Gasteiger partial charge in [-0.2, -0.15) is 0 Å². The van der Waals surface area contributed by atoms with Crippen LogP contribution in [0, 0.1) is 0 Å². The molecule has 0 bridgehead atoms. The molecule has 1 rings (SSSR count). The number of para-hydroxylation sites is 1. The topological polar surface area (TPSA) is 46.5 Å². The van der Waals surface area contributed by atoms with Gasteiger partial charge in [-0.15, -0.1) is 0 Å². The maximum absolute atomic E-state index is 11.4. The molecule has 0 saturated carbocycles. The fourth-order valence-electron chi connectivity index (χ4n) is 3.66. The summed E-state index contributed by atoms with van der Waals surface area (Å²) in [5, 5.41) is 9.35. The summed E-state index contributed by atoms with van der Waals surface area (Å²) in [6.07, 6.45) is 19.1. The molecule has 0 radical (unpaired) electrons. The fraction of sp³-hybridized carbons (Fsp3) is 0.720. The van der Waals surface area contributed by atoms with Gasteiger partial charge >= 0.3 is 5.97 Å². The van der Waals surface area contributed by atoms with Gasteiger partial charge in [-0.1, -0.05) is 103 Å². The molecule has 0 fully saturated rings. The molecule has 28 heavy (non-hydrogen) atoms. The molecule has 0 amide bonds. The van der Waals surface area contributed by atoms with Crippen molar-refractivity contribution in [3.05, 3.63) is 29.8 Å². The third kappa shape index (κ3) is 11.4. The Morgan fingerprint density at radius 3 is 1.86 bits per heavy atom. The minimum absolute atomic E-state index is 0.124. The summed E-state index contributed by atoms with van der Waals surface area (Å²) < 4.78 is 6.12. The second-order valence-electron chi connectivity index (χ2n) is 8.01. The molecule has 0 aromatic heterocycles. The predicted molar refractivity (Wildman–Crippen MR) is 118 cm³/mol. The monoisotopic (exact) mass is 390 g/mol. The van der Waals surface area contributed by atoms with Crippen molar-refractivity contribution in [3.8, 4) is 5.75 Å². The number of benzene rings is 1. The normalized spacial score (nSPS) is 12.1. The number of carboxylic acid groups (broad SMARTS) is 1. The van der Waals surface area contributed by atoms with Crippen molar-refractivity contribution in [2.75, 3.05) is 0 Å². The molecule has 3 heteroatoms. The quantitative estimate of drug-likeness (QED) is 0.258. The van der Waals surface area contributed by atoms with Crippen molar-refractivity contribution >= 4 is 5.97 Å². The van der Waals surface area contributed by atoms with Crippen LogP contribution in [0.3, 0.4) is 0 Å². The molecule has 1 unspecified atom stereocenters. The average Bonchev–Trinajstić information content (AvgIpc) is 2.70. The first-order valence-corrected chi connectivity index (χ1v) is 11.7. The van der Waals surface area contributed by atoms with E-state index in [0.717, 1.165) is 25.7 Å². The second-order valence-corrected chi connectivity index (χ2v) is 8.01. The molecule has 1 N–H and O–H groups in total. The van der Waals surface area contributed by atoms with Crippen LogP contribution in [0.5, 0.6) is 5.75 Å². The number of ether oxygens (including phenoxy) is 1. The van der Waals surface area contributed by atoms with E-state index in [0.29, 0.717) is 5.75 Å². The zero-order valence-corrected chi connectivity index (χ0v) is 18.3. The minimum atomic E-state index is -0.917. The lowest BCUT2D eigenvalue weighted by Gasteiger charge is -2.20. The van der Waals surface area contributed by atoms with Crippen LogP contribution in [0.2, 0.25) is 0 Å². The summed E-state index contributed by atoms with van der Waals surface area (Å²) in [4.78, 5) is 11.4. The van der Waals surface area contributed by atoms with Crippen molar-refractivity contribution in [3.63, 3.8) is 0 Å². The third-order valence-electron chi connectivity index (χ3n) is 5.42. The number of unbranched alkanes of at least 4 members (excludes halogenated alkanes) is 11. The van der Waals surface area contributed by atoms with Gasteiger partial charge in [0.1, 0.15) is 11.3 Å². The van der Waals surface area contributed by atoms with Crippen LogP contribution in [0.25, 0.3) is 0 Å². The van der Waals surface area contributed by atoms with E-state index in [4.69, 9.17) is 4.74 Å². The standard InChI is InChI=1S/C25H42O3/c1-3-5-7-8-9-10-11-12-13-14-15-19-22(18-6-4-2)28-24-21-17-16-20-23(24)25(26)27/h16-17,20-22H,3-15,18-19H2,1-2H3,(H,26,27). The molecular weight excluding hydrogens is 348 g/mol. The largest absolute Gasteiger partial charge is 0.490 e. The predicted octanol–water partition coefficient (Wildman–Crippen LogP) is 8.02. The minimum Gasteiger partial charge on any atom is -0.490 e. The van der Waals surface area contributed by atoms with Crippen LogP contribution in [0.15, 0.2) is 24.3 Å². The summed E-state index contributed by atoms with van der Waals surface area (Å²) in [6, 6.07) is 7.00. The Labute approximate surface area is 172 Å². The SMILES string of the molecule is CCCCCCCCCCCCCC(CCCC)Oc1ccccc1C(=O)O. The van der Waals surface area contributed by atoms with E-state index in [9.17, 15) is 9.90 Å². The van der Waals surface area contributed by atoms with Gasteiger partial charge < -0.3 is 9.84 Å². The summed E-state index contributed by atoms with van der Waals surface area (Å²) in [5.74, 6) is -0.404. The lowest BCUT2D eigenvalue weighted by molar-refractivity contribution is 0.0687. The Kier molecular flexibility index (Phi) is 14.4. The summed E-state index contributed by atoms with van der Waals surface area (Å²) in [6.45, 7) is 4.45. The van der Waals surface area contributed by atoms with Crippen molar-refractivity contribution in [1.82, 2.24) is 0 Å². The van der Waals surface area contributed by atoms with E-state index in [1.807, 2.05) is 6.07 Å². The summed E-state index contributed by atoms with van der Waals surface area (Å²) in [5.41, 5.74) is 0.267. The van der Waals surface area contributed by atoms with Gasteiger partial charge in [-0.05, 0) is 31.4 Å². The molecule has 0 aliphatic heterocycles. The van der Waals surface area contributed by atoms with E-state index in [2.05, 4.69) is 13.8 Å². The smallest absolute Gasteiger partial charge is 0.339 e. The number of rotatable bonds is 18. The Bertz CT molecular complexity index is 512. The number of hydrogen-bond donors (Lipinski definition) is 1. The zero-order valence-electron chi connectivity index (χ0n) is 18.3. The maximum Gasteiger partial charge on any atom is 0.339 e. The first-order valence-electron chi connectivity index (χ1n) is 11.7. The van der Waals surface area contributed by atoms with Crippen LogP contribution < -0.4 is 4.74 Å². The molecule has 1 aromatic rings. The van der Waals surface area contributed by atoms with Crippen molar-refractivity contribution in [2.24, 2.45) is 0 Å². The Balaban J connectivity index is 2.25. The summed E-state index contributed by atoms with van der Waals surface area (Å²) >= 11 is 0. The molecule has 0 spiro atoms. The van der Waals surface area contributed by atoms with E-state index in [1.54, 1.807) is 18.2 Å². The van der Waals surface area contributed by atoms with Gasteiger partial charge in [0.05, 0.1) is 6.10 Å². The third-order valence-corrected chi connectivity index (χ3v) is 5.42. The maximum atomic E-state index is 11.4. The fourth-order valence-corrected chi connectivity index (χ4v) is 3.66. The molecule has 0 saturated heterocycles. The van der Waals surface area contributed by atoms with Crippen LogP contribution >= 0.6 is 0 Å². The Hall–Kier alpha value is -1.51. The van der Waals surface area contributed by atoms with E-state index in [-0.39, 0.29) is 11.7 Å². The zero-order chi connectivity index (χ0) is 20.5. The molecule has 0 aliphatic carbocycles. The highest BCUT2D eigenvalue weighted by molar-refractivity contribution is 5.90. The number of hydrogen-bond acceptors (Lipinski definition) is 2. The van der Waals surface area contributed by atoms with Gasteiger partial charge in [0.2, 0.25) is 0 Å². The molecule has 1 atom stereocenters. The lowest BCUT2D eigenvalue weighted by atomic mass is 10.0. The Morgan fingerprint density at radius 2 is 1.29 bits per heavy atom. The molecule has 0 heterocycles. The van der Waals surface area contributed by atoms with Crippen molar-refractivity contribution < 1.29 is 14.6 Å². The first kappa shape index (κ1) is 24.5. The number of aromatic carboxylic acids is 1. The molecular formula is C25H42O3. The number of carbonyl (C=O) groups is 1. The molecule has 3 nitrogen and oxygen atoms in total. The van der Waals surface area contributed by atoms with Crippen molar-refractivity contribution in [2.45, 2.75) is 116 Å². The van der Waals surface area contributed by atoms with E-state index < -0.39 is 5.97 Å². The molecule has 0 aliphatic rings. The van der Waals surface area contributed by atoms with Crippen LogP contribution in [0.4, 0.5) is 0 Å². The van der Waals surface area contributed by atoms with E-state index >= 15 is 0 Å². The lowest BCUT2D eigenvalue weighted by Crippen LogP contribution is -2.18. The average molecular weight is 391 g/mol. The van der Waals surface area contributed by atoms with Gasteiger partial charge in [-0.25, -0.2) is 4.79 Å². The Morgan fingerprint density at radius 1 is 0.786 bits per heavy atom. The van der Waals surface area contributed by atoms with Gasteiger partial charge in [0, 0.05) is 0 Å². The second kappa shape index (κ2) is 16.4. The molecule has 160 valence electrons. The van der Waals surface area contributed by atoms with Gasteiger partial charge in [0.25, 0.3) is 0 Å². The van der Waals surface area contributed by atoms with Crippen LogP contribution in [0.1, 0.15) is 121 Å². The van der Waals surface area contributed by atoms with Crippen LogP contribution in [-0.2, 0) is 0 Å². The first-order chi connectivity index (χ1) is 13.7.